The molecule has 6 rings (SSSR count). The number of ether oxygens (including phenoxy) is 1. The quantitative estimate of drug-likeness (QED) is 0.352. The number of alkyl halides is 3. The maximum Gasteiger partial charge on any atom is 0.393 e. The fourth-order valence-corrected chi connectivity index (χ4v) is 7.20. The van der Waals surface area contributed by atoms with Gasteiger partial charge in [0, 0.05) is 44.8 Å². The molecular weight excluding hydrogens is 601 g/mol. The first-order valence-electron chi connectivity index (χ1n) is 16.6. The normalized spacial score (nSPS) is 25.4. The Morgan fingerprint density at radius 1 is 1.11 bits per heavy atom. The van der Waals surface area contributed by atoms with Crippen LogP contribution in [0.15, 0.2) is 18.5 Å². The molecule has 1 aliphatic carbocycles. The number of hydrogen-bond donors (Lipinski definition) is 2. The van der Waals surface area contributed by atoms with Crippen LogP contribution in [0.4, 0.5) is 13.2 Å². The largest absolute Gasteiger partial charge is 0.393 e. The molecule has 2 aliphatic heterocycles. The molecule has 2 saturated heterocycles. The van der Waals surface area contributed by atoms with Gasteiger partial charge in [-0.3, -0.25) is 14.3 Å². The van der Waals surface area contributed by atoms with Gasteiger partial charge in [-0.1, -0.05) is 19.8 Å². The lowest BCUT2D eigenvalue weighted by Crippen LogP contribution is -2.47. The molecule has 3 aliphatic rings. The number of rotatable bonds is 9. The maximum atomic E-state index is 13.6. The van der Waals surface area contributed by atoms with Crippen molar-refractivity contribution in [2.24, 2.45) is 29.6 Å². The third-order valence-corrected chi connectivity index (χ3v) is 10.1. The minimum absolute atomic E-state index is 0.0507. The second kappa shape index (κ2) is 13.7. The topological polar surface area (TPSA) is 128 Å². The molecule has 0 radical (unpaired) electrons. The van der Waals surface area contributed by atoms with Gasteiger partial charge < -0.3 is 15.4 Å². The van der Waals surface area contributed by atoms with E-state index in [1.54, 1.807) is 27.7 Å². The molecule has 2 N–H and O–H groups in total. The summed E-state index contributed by atoms with van der Waals surface area (Å²) in [4.78, 5) is 36.1. The average molecular weight is 645 g/mol. The Balaban J connectivity index is 1.34. The fourth-order valence-electron chi connectivity index (χ4n) is 7.20. The first-order valence-corrected chi connectivity index (χ1v) is 16.6. The number of amides is 2. The molecule has 0 unspecified atom stereocenters. The van der Waals surface area contributed by atoms with Crippen LogP contribution < -0.4 is 10.6 Å². The van der Waals surface area contributed by atoms with Crippen LogP contribution in [0.2, 0.25) is 0 Å². The Morgan fingerprint density at radius 2 is 1.87 bits per heavy atom. The molecule has 1 saturated carbocycles. The molecule has 2 amide bonds. The van der Waals surface area contributed by atoms with Crippen molar-refractivity contribution in [3.63, 3.8) is 0 Å². The number of nitrogens with one attached hydrogen (secondary N) is 2. The Bertz CT molecular complexity index is 1520. The number of halogens is 3. The van der Waals surface area contributed by atoms with E-state index in [1.165, 1.54) is 0 Å². The smallest absolute Gasteiger partial charge is 0.381 e. The van der Waals surface area contributed by atoms with E-state index < -0.39 is 30.5 Å². The van der Waals surface area contributed by atoms with Gasteiger partial charge in [0.25, 0.3) is 11.7 Å². The van der Waals surface area contributed by atoms with E-state index >= 15 is 0 Å². The van der Waals surface area contributed by atoms with Gasteiger partial charge in [-0.15, -0.1) is 0 Å². The van der Waals surface area contributed by atoms with Crippen LogP contribution >= 0.6 is 0 Å². The van der Waals surface area contributed by atoms with E-state index in [1.807, 2.05) is 6.92 Å². The molecule has 0 aromatic carbocycles. The standard InChI is InChI=1S/C32H43F3N8O3/c1-3-42-27(8-11-37-42)30(45)40-28(21-6-4-19(2)5-7-21)26-18-43-31(39-26)38-24(14-20-9-12-46-13-10-20)25(41-43)16-22-15-23(32(33,34)35)17-36-29(22)44/h8,11,18-23,28H,3-7,9-10,12-17H2,1-2H3,(H,36,44)(H,40,45)/t19?,21?,22-,23-,28+/m1/s1. The monoisotopic (exact) mass is 644 g/mol. The number of aromatic nitrogens is 6. The predicted octanol–water partition coefficient (Wildman–Crippen LogP) is 4.46. The van der Waals surface area contributed by atoms with Crippen LogP contribution in [0.3, 0.4) is 0 Å². The van der Waals surface area contributed by atoms with Crippen LogP contribution in [0.5, 0.6) is 0 Å². The van der Waals surface area contributed by atoms with Crippen molar-refractivity contribution < 1.29 is 27.5 Å². The predicted molar refractivity (Wildman–Crippen MR) is 162 cm³/mol. The fraction of sp³-hybridized carbons (Fsp3) is 0.688. The highest BCUT2D eigenvalue weighted by molar-refractivity contribution is 5.92. The summed E-state index contributed by atoms with van der Waals surface area (Å²) in [6.07, 6.45) is 4.98. The van der Waals surface area contributed by atoms with E-state index in [0.29, 0.717) is 60.7 Å². The van der Waals surface area contributed by atoms with Crippen molar-refractivity contribution in [1.82, 2.24) is 40.0 Å². The molecule has 14 heteroatoms. The number of fused-ring (bicyclic) bond motifs is 1. The lowest BCUT2D eigenvalue weighted by Gasteiger charge is -2.32. The summed E-state index contributed by atoms with van der Waals surface area (Å²) in [6, 6.07) is 1.31. The lowest BCUT2D eigenvalue weighted by molar-refractivity contribution is -0.183. The molecule has 5 heterocycles. The third kappa shape index (κ3) is 7.21. The summed E-state index contributed by atoms with van der Waals surface area (Å²) in [7, 11) is 0. The van der Waals surface area contributed by atoms with Crippen molar-refractivity contribution in [2.45, 2.75) is 90.4 Å². The average Bonchev–Trinajstić information content (AvgIpc) is 3.68. The number of carbonyl (C=O) groups excluding carboxylic acids is 2. The highest BCUT2D eigenvalue weighted by Gasteiger charge is 2.45. The molecule has 0 bridgehead atoms. The SMILES string of the molecule is CCn1nccc1C(=O)N[C@H](c1cn2nc(C[C@H]3C[C@@H](C(F)(F)F)CNC3=O)c(CC3CCOCC3)nc2n1)C1CCC(C)CC1. The van der Waals surface area contributed by atoms with E-state index in [-0.39, 0.29) is 36.6 Å². The van der Waals surface area contributed by atoms with Crippen molar-refractivity contribution in [3.8, 4) is 0 Å². The zero-order chi connectivity index (χ0) is 32.4. The Hall–Kier alpha value is -3.55. The zero-order valence-electron chi connectivity index (χ0n) is 26.4. The second-order valence-corrected chi connectivity index (χ2v) is 13.3. The highest BCUT2D eigenvalue weighted by Crippen LogP contribution is 2.37. The van der Waals surface area contributed by atoms with Gasteiger partial charge in [-0.05, 0) is 69.3 Å². The molecule has 3 atom stereocenters. The summed E-state index contributed by atoms with van der Waals surface area (Å²) in [5.74, 6) is -1.68. The third-order valence-electron chi connectivity index (χ3n) is 10.1. The van der Waals surface area contributed by atoms with Crippen molar-refractivity contribution in [1.29, 1.82) is 0 Å². The number of hydrogen-bond acceptors (Lipinski definition) is 7. The van der Waals surface area contributed by atoms with Gasteiger partial charge >= 0.3 is 6.18 Å². The molecule has 0 spiro atoms. The molecular formula is C32H43F3N8O3. The minimum Gasteiger partial charge on any atom is -0.381 e. The molecule has 3 fully saturated rings. The first kappa shape index (κ1) is 32.4. The van der Waals surface area contributed by atoms with Crippen LogP contribution in [-0.4, -0.2) is 67.1 Å². The second-order valence-electron chi connectivity index (χ2n) is 13.3. The lowest BCUT2D eigenvalue weighted by atomic mass is 9.78. The van der Waals surface area contributed by atoms with Crippen LogP contribution in [0.1, 0.15) is 92.4 Å². The van der Waals surface area contributed by atoms with Gasteiger partial charge in [-0.2, -0.15) is 23.4 Å². The summed E-state index contributed by atoms with van der Waals surface area (Å²) in [6.45, 7) is 5.60. The highest BCUT2D eigenvalue weighted by atomic mass is 19.4. The number of imidazole rings is 1. The van der Waals surface area contributed by atoms with Crippen molar-refractivity contribution >= 4 is 17.6 Å². The van der Waals surface area contributed by atoms with E-state index in [4.69, 9.17) is 19.8 Å². The van der Waals surface area contributed by atoms with Crippen molar-refractivity contribution in [2.75, 3.05) is 19.8 Å². The maximum absolute atomic E-state index is 13.6. The van der Waals surface area contributed by atoms with Crippen molar-refractivity contribution in [3.05, 3.63) is 41.2 Å². The summed E-state index contributed by atoms with van der Waals surface area (Å²) in [5, 5.41) is 14.8. The Morgan fingerprint density at radius 3 is 2.59 bits per heavy atom. The molecule has 46 heavy (non-hydrogen) atoms. The minimum atomic E-state index is -4.39. The Labute approximate surface area is 266 Å². The van der Waals surface area contributed by atoms with Gasteiger partial charge in [0.2, 0.25) is 5.91 Å². The number of carbonyl (C=O) groups is 2. The van der Waals surface area contributed by atoms with E-state index in [2.05, 4.69) is 22.7 Å². The Kier molecular flexibility index (Phi) is 9.62. The first-order chi connectivity index (χ1) is 22.1. The number of piperidine rings is 1. The van der Waals surface area contributed by atoms with Gasteiger partial charge in [0.1, 0.15) is 5.69 Å². The number of aryl methyl sites for hydroxylation is 1. The van der Waals surface area contributed by atoms with Gasteiger partial charge in [0.15, 0.2) is 0 Å². The number of nitrogens with zero attached hydrogens (tertiary/aromatic N) is 6. The van der Waals surface area contributed by atoms with Gasteiger partial charge in [0.05, 0.1) is 35.2 Å². The summed E-state index contributed by atoms with van der Waals surface area (Å²) in [5.41, 5.74) is 2.26. The molecule has 3 aromatic rings. The van der Waals surface area contributed by atoms with E-state index in [9.17, 15) is 22.8 Å². The van der Waals surface area contributed by atoms with Gasteiger partial charge in [-0.25, -0.2) is 14.5 Å². The van der Waals surface area contributed by atoms with Crippen LogP contribution in [0.25, 0.3) is 5.78 Å². The van der Waals surface area contributed by atoms with Crippen LogP contribution in [0, 0.1) is 29.6 Å². The van der Waals surface area contributed by atoms with E-state index in [0.717, 1.165) is 38.5 Å². The molecule has 250 valence electrons. The summed E-state index contributed by atoms with van der Waals surface area (Å²) < 4.78 is 49.6. The zero-order valence-corrected chi connectivity index (χ0v) is 26.4. The van der Waals surface area contributed by atoms with Crippen LogP contribution in [-0.2, 0) is 28.9 Å². The summed E-state index contributed by atoms with van der Waals surface area (Å²) >= 11 is 0. The molecule has 11 nitrogen and oxygen atoms in total. The molecule has 3 aromatic heterocycles.